The number of likely N-dealkylation sites (tertiary alicyclic amines) is 1. The van der Waals surface area contributed by atoms with Gasteiger partial charge in [-0.15, -0.1) is 6.58 Å². The van der Waals surface area contributed by atoms with Gasteiger partial charge in [0.25, 0.3) is 5.91 Å². The van der Waals surface area contributed by atoms with E-state index in [2.05, 4.69) is 6.58 Å². The Morgan fingerprint density at radius 1 is 1.39 bits per heavy atom. The first-order valence-electron chi connectivity index (χ1n) is 11.5. The fraction of sp³-hybridized carbons (Fsp3) is 0.560. The van der Waals surface area contributed by atoms with Gasteiger partial charge in [0.15, 0.2) is 0 Å². The zero-order chi connectivity index (χ0) is 24.1. The summed E-state index contributed by atoms with van der Waals surface area (Å²) in [4.78, 5) is 43.1. The van der Waals surface area contributed by atoms with Crippen LogP contribution < -0.4 is 4.90 Å². The second-order valence-electron chi connectivity index (χ2n) is 9.41. The van der Waals surface area contributed by atoms with E-state index in [-0.39, 0.29) is 19.1 Å². The van der Waals surface area contributed by atoms with Gasteiger partial charge in [0, 0.05) is 12.2 Å². The van der Waals surface area contributed by atoms with Crippen molar-refractivity contribution >= 4 is 23.5 Å². The molecule has 6 atom stereocenters. The van der Waals surface area contributed by atoms with Crippen molar-refractivity contribution in [1.82, 2.24) is 4.90 Å². The zero-order valence-electron chi connectivity index (χ0n) is 19.4. The first kappa shape index (κ1) is 23.4. The van der Waals surface area contributed by atoms with Crippen LogP contribution in [0.25, 0.3) is 0 Å². The Labute approximate surface area is 193 Å². The molecule has 4 rings (SSSR count). The molecule has 2 amide bonds. The SMILES string of the molecule is C=CCN(C(=O)[C@@H]1N([C@@H](CC)CO)C(=O)[C@H]2[C@H](C(=O)O)[C@@H]3CC[C@]12O3)c1cc(C)ccc1C. The van der Waals surface area contributed by atoms with Gasteiger partial charge in [-0.1, -0.05) is 25.1 Å². The number of aliphatic hydroxyl groups excluding tert-OH is 1. The van der Waals surface area contributed by atoms with Crippen molar-refractivity contribution in [1.29, 1.82) is 0 Å². The van der Waals surface area contributed by atoms with E-state index in [1.54, 1.807) is 11.0 Å². The minimum Gasteiger partial charge on any atom is -0.481 e. The zero-order valence-corrected chi connectivity index (χ0v) is 19.4. The van der Waals surface area contributed by atoms with Gasteiger partial charge in [0.05, 0.1) is 30.6 Å². The topological polar surface area (TPSA) is 107 Å². The van der Waals surface area contributed by atoms with Gasteiger partial charge >= 0.3 is 5.97 Å². The number of benzene rings is 1. The Bertz CT molecular complexity index is 989. The summed E-state index contributed by atoms with van der Waals surface area (Å²) in [6.45, 7) is 9.41. The van der Waals surface area contributed by atoms with Gasteiger partial charge in [-0.05, 0) is 50.3 Å². The van der Waals surface area contributed by atoms with Crippen LogP contribution in [0.1, 0.15) is 37.3 Å². The Morgan fingerprint density at radius 3 is 2.73 bits per heavy atom. The molecule has 2 N–H and O–H groups in total. The number of carboxylic acids is 1. The number of amides is 2. The van der Waals surface area contributed by atoms with Gasteiger partial charge in [0.1, 0.15) is 11.6 Å². The molecule has 0 aliphatic carbocycles. The molecule has 1 spiro atoms. The lowest BCUT2D eigenvalue weighted by Crippen LogP contribution is -2.59. The van der Waals surface area contributed by atoms with Crippen LogP contribution in [0.5, 0.6) is 0 Å². The van der Waals surface area contributed by atoms with Gasteiger partial charge < -0.3 is 24.7 Å². The molecule has 8 nitrogen and oxygen atoms in total. The molecule has 3 aliphatic heterocycles. The third-order valence-corrected chi connectivity index (χ3v) is 7.57. The molecule has 8 heteroatoms. The highest BCUT2D eigenvalue weighted by atomic mass is 16.5. The summed E-state index contributed by atoms with van der Waals surface area (Å²) < 4.78 is 6.25. The van der Waals surface area contributed by atoms with Crippen LogP contribution >= 0.6 is 0 Å². The van der Waals surface area contributed by atoms with Crippen molar-refractivity contribution in [3.8, 4) is 0 Å². The summed E-state index contributed by atoms with van der Waals surface area (Å²) >= 11 is 0. The largest absolute Gasteiger partial charge is 0.481 e. The van der Waals surface area contributed by atoms with E-state index in [9.17, 15) is 24.6 Å². The molecule has 1 aromatic rings. The maximum absolute atomic E-state index is 14.3. The molecule has 33 heavy (non-hydrogen) atoms. The van der Waals surface area contributed by atoms with E-state index < -0.39 is 47.5 Å². The van der Waals surface area contributed by atoms with Gasteiger partial charge in [-0.3, -0.25) is 14.4 Å². The van der Waals surface area contributed by atoms with Crippen LogP contribution in [0.3, 0.4) is 0 Å². The molecule has 1 aromatic carbocycles. The number of carbonyl (C=O) groups excluding carboxylic acids is 2. The standard InChI is InChI=1S/C25H32N2O6/c1-5-11-26(17-12-14(3)7-8-15(17)4)23(30)21-25-10-9-18(33-25)19(24(31)32)20(25)22(29)27(21)16(6-2)13-28/h5,7-8,12,16,18-21,28H,1,6,9-11,13H2,2-4H3,(H,31,32)/t16-,18-,19+,20+,21-,25+/m0/s1. The second kappa shape index (κ2) is 8.57. The molecule has 3 saturated heterocycles. The number of anilines is 1. The van der Waals surface area contributed by atoms with E-state index in [0.717, 1.165) is 11.1 Å². The number of ether oxygens (including phenoxy) is 1. The number of aliphatic carboxylic acids is 1. The lowest BCUT2D eigenvalue weighted by Gasteiger charge is -2.39. The first-order valence-corrected chi connectivity index (χ1v) is 11.5. The van der Waals surface area contributed by atoms with E-state index in [1.165, 1.54) is 4.90 Å². The highest BCUT2D eigenvalue weighted by Gasteiger charge is 2.75. The Hall–Kier alpha value is -2.71. The minimum atomic E-state index is -1.21. The molecular weight excluding hydrogens is 424 g/mol. The number of hydrogen-bond acceptors (Lipinski definition) is 5. The van der Waals surface area contributed by atoms with E-state index in [4.69, 9.17) is 4.74 Å². The molecule has 0 aromatic heterocycles. The van der Waals surface area contributed by atoms with Gasteiger partial charge in [0.2, 0.25) is 5.91 Å². The van der Waals surface area contributed by atoms with E-state index in [1.807, 2.05) is 39.0 Å². The smallest absolute Gasteiger partial charge is 0.310 e. The second-order valence-corrected chi connectivity index (χ2v) is 9.41. The van der Waals surface area contributed by atoms with Crippen LogP contribution in [0.15, 0.2) is 30.9 Å². The van der Waals surface area contributed by atoms with Crippen LogP contribution in [-0.2, 0) is 19.1 Å². The number of fused-ring (bicyclic) bond motifs is 1. The number of carboxylic acid groups (broad SMARTS) is 1. The summed E-state index contributed by atoms with van der Waals surface area (Å²) in [6.07, 6.45) is 2.39. The number of hydrogen-bond donors (Lipinski definition) is 2. The summed E-state index contributed by atoms with van der Waals surface area (Å²) in [5.41, 5.74) is 1.39. The monoisotopic (exact) mass is 456 g/mol. The van der Waals surface area contributed by atoms with Crippen LogP contribution in [-0.4, -0.2) is 69.8 Å². The van der Waals surface area contributed by atoms with Crippen molar-refractivity contribution in [2.45, 2.75) is 63.8 Å². The quantitative estimate of drug-likeness (QED) is 0.580. The highest BCUT2D eigenvalue weighted by molar-refractivity contribution is 6.05. The Morgan fingerprint density at radius 2 is 2.12 bits per heavy atom. The van der Waals surface area contributed by atoms with Crippen molar-refractivity contribution in [2.24, 2.45) is 11.8 Å². The third kappa shape index (κ3) is 3.38. The Kier molecular flexibility index (Phi) is 6.09. The van der Waals surface area contributed by atoms with Gasteiger partial charge in [-0.2, -0.15) is 0 Å². The molecule has 178 valence electrons. The summed E-state index contributed by atoms with van der Waals surface area (Å²) in [7, 11) is 0. The highest BCUT2D eigenvalue weighted by Crippen LogP contribution is 2.59. The molecule has 0 saturated carbocycles. The van der Waals surface area contributed by atoms with Crippen molar-refractivity contribution in [2.75, 3.05) is 18.1 Å². The van der Waals surface area contributed by atoms with Crippen molar-refractivity contribution in [3.05, 3.63) is 42.0 Å². The summed E-state index contributed by atoms with van der Waals surface area (Å²) in [6, 6.07) is 4.21. The molecule has 0 unspecified atom stereocenters. The Balaban J connectivity index is 1.85. The van der Waals surface area contributed by atoms with Gasteiger partial charge in [-0.25, -0.2) is 0 Å². The maximum Gasteiger partial charge on any atom is 0.310 e. The molecule has 0 radical (unpaired) electrons. The molecular formula is C25H32N2O6. The normalized spacial score (nSPS) is 30.9. The lowest BCUT2D eigenvalue weighted by atomic mass is 9.70. The van der Waals surface area contributed by atoms with E-state index in [0.29, 0.717) is 24.9 Å². The average molecular weight is 457 g/mol. The molecule has 2 bridgehead atoms. The third-order valence-electron chi connectivity index (χ3n) is 7.57. The first-order chi connectivity index (χ1) is 15.7. The van der Waals surface area contributed by atoms with Crippen LogP contribution in [0.4, 0.5) is 5.69 Å². The van der Waals surface area contributed by atoms with Crippen LogP contribution in [0.2, 0.25) is 0 Å². The number of carbonyl (C=O) groups is 3. The molecule has 3 aliphatic rings. The fourth-order valence-corrected chi connectivity index (χ4v) is 6.05. The predicted molar refractivity (Wildman–Crippen MR) is 122 cm³/mol. The molecule has 3 fully saturated rings. The van der Waals surface area contributed by atoms with Crippen molar-refractivity contribution in [3.63, 3.8) is 0 Å². The number of aryl methyl sites for hydroxylation is 2. The fourth-order valence-electron chi connectivity index (χ4n) is 6.05. The average Bonchev–Trinajstić information content (AvgIpc) is 3.42. The number of nitrogens with zero attached hydrogens (tertiary/aromatic N) is 2. The van der Waals surface area contributed by atoms with Crippen LogP contribution in [0, 0.1) is 25.7 Å². The molecule has 3 heterocycles. The maximum atomic E-state index is 14.3. The summed E-state index contributed by atoms with van der Waals surface area (Å²) in [5, 5.41) is 19.9. The lowest BCUT2D eigenvalue weighted by molar-refractivity contribution is -0.151. The minimum absolute atomic E-state index is 0.226. The van der Waals surface area contributed by atoms with Crippen molar-refractivity contribution < 1.29 is 29.3 Å². The van der Waals surface area contributed by atoms with E-state index >= 15 is 0 Å². The summed E-state index contributed by atoms with van der Waals surface area (Å²) in [5.74, 6) is -3.76. The predicted octanol–water partition coefficient (Wildman–Crippen LogP) is 2.05. The number of rotatable bonds is 8. The number of aliphatic hydroxyl groups is 1.